The van der Waals surface area contributed by atoms with Gasteiger partial charge in [-0.3, -0.25) is 9.69 Å². The number of hydrogen-bond acceptors (Lipinski definition) is 5. The van der Waals surface area contributed by atoms with Crippen molar-refractivity contribution in [3.63, 3.8) is 0 Å². The number of carbonyl (C=O) groups excluding carboxylic acids is 1. The number of guanidine groups is 1. The fourth-order valence-electron chi connectivity index (χ4n) is 3.25. The highest BCUT2D eigenvalue weighted by Crippen LogP contribution is 2.14. The number of methoxy groups -OCH3 is 1. The second kappa shape index (κ2) is 16.3. The molecule has 2 rings (SSSR count). The monoisotopic (exact) mass is 532 g/mol. The van der Waals surface area contributed by atoms with E-state index in [9.17, 15) is 4.79 Å². The summed E-state index contributed by atoms with van der Waals surface area (Å²) in [4.78, 5) is 18.3. The molecule has 0 aromatic heterocycles. The number of morpholine rings is 1. The molecule has 1 aromatic carbocycles. The maximum absolute atomic E-state index is 11.1. The number of halogens is 1. The minimum atomic E-state index is -0.136. The van der Waals surface area contributed by atoms with Crippen molar-refractivity contribution in [2.75, 3.05) is 46.5 Å². The third-order valence-corrected chi connectivity index (χ3v) is 4.95. The molecule has 2 N–H and O–H groups in total. The number of carbonyl (C=O) groups is 1. The number of benzene rings is 1. The van der Waals surface area contributed by atoms with Crippen molar-refractivity contribution in [2.24, 2.45) is 4.99 Å². The van der Waals surface area contributed by atoms with Crippen LogP contribution in [0.5, 0.6) is 0 Å². The third-order valence-electron chi connectivity index (χ3n) is 4.95. The molecule has 1 heterocycles. The van der Waals surface area contributed by atoms with Gasteiger partial charge in [0.1, 0.15) is 0 Å². The van der Waals surface area contributed by atoms with Crippen LogP contribution >= 0.6 is 24.0 Å². The van der Waals surface area contributed by atoms with Gasteiger partial charge in [0.25, 0.3) is 0 Å². The van der Waals surface area contributed by atoms with E-state index in [1.165, 1.54) is 18.2 Å². The quantitative estimate of drug-likeness (QED) is 0.150. The lowest BCUT2D eigenvalue weighted by molar-refractivity contribution is -0.140. The summed E-state index contributed by atoms with van der Waals surface area (Å²) in [5, 5.41) is 6.70. The number of ether oxygens (including phenoxy) is 2. The minimum absolute atomic E-state index is 0. The molecule has 170 valence electrons. The molecule has 1 saturated heterocycles. The van der Waals surface area contributed by atoms with E-state index >= 15 is 0 Å². The predicted molar refractivity (Wildman–Crippen MR) is 131 cm³/mol. The zero-order valence-electron chi connectivity index (χ0n) is 18.3. The lowest BCUT2D eigenvalue weighted by Gasteiger charge is -2.27. The lowest BCUT2D eigenvalue weighted by Crippen LogP contribution is -2.37. The molecule has 30 heavy (non-hydrogen) atoms. The second-order valence-electron chi connectivity index (χ2n) is 7.17. The normalized spacial score (nSPS) is 14.7. The predicted octanol–water partition coefficient (Wildman–Crippen LogP) is 2.93. The van der Waals surface area contributed by atoms with Gasteiger partial charge >= 0.3 is 5.97 Å². The Morgan fingerprint density at radius 3 is 2.57 bits per heavy atom. The van der Waals surface area contributed by atoms with E-state index in [-0.39, 0.29) is 29.9 Å². The summed E-state index contributed by atoms with van der Waals surface area (Å²) in [5.41, 5.74) is 2.59. The zero-order chi connectivity index (χ0) is 20.7. The van der Waals surface area contributed by atoms with Crippen molar-refractivity contribution in [1.82, 2.24) is 15.5 Å². The van der Waals surface area contributed by atoms with Gasteiger partial charge in [0.15, 0.2) is 5.96 Å². The van der Waals surface area contributed by atoms with E-state index in [1.807, 2.05) is 0 Å². The number of rotatable bonds is 11. The highest BCUT2D eigenvalue weighted by molar-refractivity contribution is 14.0. The van der Waals surface area contributed by atoms with Crippen molar-refractivity contribution >= 4 is 35.9 Å². The van der Waals surface area contributed by atoms with Crippen molar-refractivity contribution in [3.05, 3.63) is 35.4 Å². The highest BCUT2D eigenvalue weighted by Gasteiger charge is 2.12. The molecule has 1 fully saturated rings. The van der Waals surface area contributed by atoms with Crippen LogP contribution in [0.3, 0.4) is 0 Å². The largest absolute Gasteiger partial charge is 0.469 e. The first-order valence-corrected chi connectivity index (χ1v) is 10.7. The maximum atomic E-state index is 11.1. The fourth-order valence-corrected chi connectivity index (χ4v) is 3.25. The van der Waals surface area contributed by atoms with Crippen LogP contribution in [0.4, 0.5) is 0 Å². The van der Waals surface area contributed by atoms with Crippen molar-refractivity contribution < 1.29 is 14.3 Å². The number of hydrogen-bond donors (Lipinski definition) is 2. The number of nitrogens with one attached hydrogen (secondary N) is 2. The Bertz CT molecular complexity index is 637. The summed E-state index contributed by atoms with van der Waals surface area (Å²) in [7, 11) is 1.43. The number of nitrogens with zero attached hydrogens (tertiary/aromatic N) is 2. The SMILES string of the molecule is CCNC(=NCc1ccccc1CN1CCOCC1)NCCCCCC(=O)OC.I. The number of esters is 1. The molecule has 1 aliphatic heterocycles. The summed E-state index contributed by atoms with van der Waals surface area (Å²) in [6, 6.07) is 8.54. The van der Waals surface area contributed by atoms with Crippen molar-refractivity contribution in [3.8, 4) is 0 Å². The molecule has 0 radical (unpaired) electrons. The lowest BCUT2D eigenvalue weighted by atomic mass is 10.1. The molecule has 8 heteroatoms. The Hall–Kier alpha value is -1.39. The molecule has 7 nitrogen and oxygen atoms in total. The van der Waals surface area contributed by atoms with Crippen molar-refractivity contribution in [2.45, 2.75) is 45.7 Å². The van der Waals surface area contributed by atoms with Crippen LogP contribution in [0, 0.1) is 0 Å². The number of unbranched alkanes of at least 4 members (excludes halogenated alkanes) is 2. The van der Waals surface area contributed by atoms with Gasteiger partial charge in [-0.15, -0.1) is 24.0 Å². The van der Waals surface area contributed by atoms with Crippen molar-refractivity contribution in [1.29, 1.82) is 0 Å². The zero-order valence-corrected chi connectivity index (χ0v) is 20.7. The first-order valence-electron chi connectivity index (χ1n) is 10.7. The van der Waals surface area contributed by atoms with E-state index < -0.39 is 0 Å². The van der Waals surface area contributed by atoms with Crippen LogP contribution in [0.1, 0.15) is 43.7 Å². The third kappa shape index (κ3) is 10.6. The summed E-state index contributed by atoms with van der Waals surface area (Å²) < 4.78 is 10.1. The summed E-state index contributed by atoms with van der Waals surface area (Å²) in [5.74, 6) is 0.699. The smallest absolute Gasteiger partial charge is 0.305 e. The van der Waals surface area contributed by atoms with Gasteiger partial charge in [-0.05, 0) is 30.9 Å². The Kier molecular flexibility index (Phi) is 14.5. The highest BCUT2D eigenvalue weighted by atomic mass is 127. The van der Waals surface area contributed by atoms with Crippen LogP contribution in [0.2, 0.25) is 0 Å². The van der Waals surface area contributed by atoms with Crippen LogP contribution in [-0.2, 0) is 27.4 Å². The van der Waals surface area contributed by atoms with Gasteiger partial charge < -0.3 is 20.1 Å². The standard InChI is InChI=1S/C22H36N4O3.HI/c1-3-23-22(24-12-8-4-5-11-21(27)28-2)25-17-19-9-6-7-10-20(19)18-26-13-15-29-16-14-26;/h6-7,9-10H,3-5,8,11-18H2,1-2H3,(H2,23,24,25);1H. The van der Waals surface area contributed by atoms with Gasteiger partial charge in [-0.25, -0.2) is 4.99 Å². The average molecular weight is 532 g/mol. The van der Waals surface area contributed by atoms with Gasteiger partial charge in [-0.1, -0.05) is 30.7 Å². The summed E-state index contributed by atoms with van der Waals surface area (Å²) >= 11 is 0. The van der Waals surface area contributed by atoms with Gasteiger partial charge in [0.05, 0.1) is 26.9 Å². The van der Waals surface area contributed by atoms with Crippen LogP contribution in [0.15, 0.2) is 29.3 Å². The molecule has 0 amide bonds. The maximum Gasteiger partial charge on any atom is 0.305 e. The fraction of sp³-hybridized carbons (Fsp3) is 0.636. The molecule has 1 aromatic rings. The molecule has 0 saturated carbocycles. The second-order valence-corrected chi connectivity index (χ2v) is 7.17. The Morgan fingerprint density at radius 2 is 1.87 bits per heavy atom. The topological polar surface area (TPSA) is 75.2 Å². The molecule has 0 spiro atoms. The summed E-state index contributed by atoms with van der Waals surface area (Å²) in [6.07, 6.45) is 3.33. The van der Waals surface area contributed by atoms with Gasteiger partial charge in [0.2, 0.25) is 0 Å². The van der Waals surface area contributed by atoms with Crippen LogP contribution in [-0.4, -0.2) is 63.3 Å². The number of aliphatic imine (C=N–C) groups is 1. The molecular formula is C22H37IN4O3. The Balaban J connectivity index is 0.00000450. The van der Waals surface area contributed by atoms with E-state index in [4.69, 9.17) is 9.73 Å². The molecule has 0 unspecified atom stereocenters. The summed E-state index contributed by atoms with van der Waals surface area (Å²) in [6.45, 7) is 8.92. The van der Waals surface area contributed by atoms with Gasteiger partial charge in [-0.2, -0.15) is 0 Å². The van der Waals surface area contributed by atoms with E-state index in [2.05, 4.69) is 51.5 Å². The molecule has 0 aliphatic carbocycles. The van der Waals surface area contributed by atoms with Crippen LogP contribution in [0.25, 0.3) is 0 Å². The molecule has 1 aliphatic rings. The van der Waals surface area contributed by atoms with E-state index in [0.717, 1.165) is 71.2 Å². The van der Waals surface area contributed by atoms with Gasteiger partial charge in [0, 0.05) is 39.1 Å². The molecular weight excluding hydrogens is 495 g/mol. The van der Waals surface area contributed by atoms with E-state index in [0.29, 0.717) is 13.0 Å². The minimum Gasteiger partial charge on any atom is -0.469 e. The first kappa shape index (κ1) is 26.6. The average Bonchev–Trinajstić information content (AvgIpc) is 2.75. The molecule has 0 atom stereocenters. The molecule has 0 bridgehead atoms. The Morgan fingerprint density at radius 1 is 1.13 bits per heavy atom. The van der Waals surface area contributed by atoms with Crippen LogP contribution < -0.4 is 10.6 Å². The van der Waals surface area contributed by atoms with E-state index in [1.54, 1.807) is 0 Å². The Labute approximate surface area is 198 Å². The first-order chi connectivity index (χ1) is 14.2.